The van der Waals surface area contributed by atoms with Crippen LogP contribution < -0.4 is 5.56 Å². The van der Waals surface area contributed by atoms with Gasteiger partial charge < -0.3 is 9.67 Å². The van der Waals surface area contributed by atoms with Gasteiger partial charge in [-0.1, -0.05) is 23.9 Å². The van der Waals surface area contributed by atoms with E-state index in [-0.39, 0.29) is 18.0 Å². The average Bonchev–Trinajstić information content (AvgIpc) is 2.41. The Hall–Kier alpha value is -1.66. The lowest BCUT2D eigenvalue weighted by molar-refractivity contribution is 0.278. The van der Waals surface area contributed by atoms with Gasteiger partial charge in [0.15, 0.2) is 5.16 Å². The highest BCUT2D eigenvalue weighted by Gasteiger charge is 2.06. The van der Waals surface area contributed by atoms with Crippen molar-refractivity contribution in [2.24, 2.45) is 7.05 Å². The van der Waals surface area contributed by atoms with E-state index in [9.17, 15) is 9.18 Å². The molecule has 0 saturated carbocycles. The van der Waals surface area contributed by atoms with Gasteiger partial charge in [0, 0.05) is 19.0 Å². The van der Waals surface area contributed by atoms with Crippen LogP contribution >= 0.6 is 11.8 Å². The van der Waals surface area contributed by atoms with Crippen molar-refractivity contribution < 1.29 is 9.50 Å². The van der Waals surface area contributed by atoms with Gasteiger partial charge in [-0.3, -0.25) is 4.79 Å². The van der Waals surface area contributed by atoms with Crippen molar-refractivity contribution in [3.63, 3.8) is 0 Å². The minimum absolute atomic E-state index is 0.272. The van der Waals surface area contributed by atoms with E-state index in [2.05, 4.69) is 4.98 Å². The first kappa shape index (κ1) is 13.8. The Morgan fingerprint density at radius 2 is 2.05 bits per heavy atom. The molecular formula is C13H13FN2O2S. The van der Waals surface area contributed by atoms with E-state index in [0.717, 1.165) is 5.56 Å². The molecule has 6 heteroatoms. The summed E-state index contributed by atoms with van der Waals surface area (Å²) in [6, 6.07) is 6.19. The predicted molar refractivity (Wildman–Crippen MR) is 71.4 cm³/mol. The average molecular weight is 280 g/mol. The third kappa shape index (κ3) is 3.42. The smallest absolute Gasteiger partial charge is 0.279 e. The van der Waals surface area contributed by atoms with Crippen LogP contribution in [0, 0.1) is 5.82 Å². The monoisotopic (exact) mass is 280 g/mol. The summed E-state index contributed by atoms with van der Waals surface area (Å²) in [6.45, 7) is -0.317. The lowest BCUT2D eigenvalue weighted by Gasteiger charge is -2.08. The molecule has 100 valence electrons. The highest BCUT2D eigenvalue weighted by atomic mass is 32.2. The molecule has 19 heavy (non-hydrogen) atoms. The lowest BCUT2D eigenvalue weighted by atomic mass is 10.2. The Morgan fingerprint density at radius 1 is 1.37 bits per heavy atom. The van der Waals surface area contributed by atoms with Gasteiger partial charge in [-0.15, -0.1) is 0 Å². The highest BCUT2D eigenvalue weighted by molar-refractivity contribution is 7.98. The van der Waals surface area contributed by atoms with Crippen molar-refractivity contribution in [3.05, 3.63) is 57.8 Å². The Morgan fingerprint density at radius 3 is 2.68 bits per heavy atom. The number of aromatic nitrogens is 2. The molecule has 2 aromatic rings. The summed E-state index contributed by atoms with van der Waals surface area (Å²) >= 11 is 1.39. The molecule has 0 unspecified atom stereocenters. The minimum Gasteiger partial charge on any atom is -0.391 e. The Bertz CT molecular complexity index is 626. The number of halogens is 1. The summed E-state index contributed by atoms with van der Waals surface area (Å²) in [5, 5.41) is 9.53. The van der Waals surface area contributed by atoms with Gasteiger partial charge in [0.1, 0.15) is 5.82 Å². The van der Waals surface area contributed by atoms with Crippen LogP contribution in [0.25, 0.3) is 0 Å². The summed E-state index contributed by atoms with van der Waals surface area (Å²) in [7, 11) is 1.76. The van der Waals surface area contributed by atoms with Gasteiger partial charge in [0.25, 0.3) is 5.56 Å². The van der Waals surface area contributed by atoms with E-state index in [0.29, 0.717) is 10.9 Å². The second-order valence-electron chi connectivity index (χ2n) is 4.04. The second kappa shape index (κ2) is 5.99. The van der Waals surface area contributed by atoms with Crippen LogP contribution in [-0.4, -0.2) is 14.7 Å². The number of nitrogens with zero attached hydrogens (tertiary/aromatic N) is 2. The van der Waals surface area contributed by atoms with Gasteiger partial charge in [0.05, 0.1) is 12.2 Å². The van der Waals surface area contributed by atoms with Gasteiger partial charge in [-0.2, -0.15) is 4.98 Å². The normalized spacial score (nSPS) is 10.7. The number of thioether (sulfide) groups is 1. The molecule has 1 heterocycles. The molecule has 0 spiro atoms. The number of benzene rings is 1. The Kier molecular flexibility index (Phi) is 4.34. The van der Waals surface area contributed by atoms with Crippen molar-refractivity contribution in [2.45, 2.75) is 17.5 Å². The lowest BCUT2D eigenvalue weighted by Crippen LogP contribution is -2.17. The van der Waals surface area contributed by atoms with E-state index in [1.54, 1.807) is 29.9 Å². The summed E-state index contributed by atoms with van der Waals surface area (Å²) in [4.78, 5) is 15.4. The molecule has 0 saturated heterocycles. The van der Waals surface area contributed by atoms with E-state index in [1.807, 2.05) is 0 Å². The Balaban J connectivity index is 2.13. The molecule has 0 aliphatic rings. The predicted octanol–water partition coefficient (Wildman–Crippen LogP) is 1.70. The summed E-state index contributed by atoms with van der Waals surface area (Å²) in [5.41, 5.74) is 0.808. The molecule has 0 aliphatic carbocycles. The van der Waals surface area contributed by atoms with Crippen LogP contribution in [-0.2, 0) is 19.4 Å². The van der Waals surface area contributed by atoms with E-state index >= 15 is 0 Å². The fourth-order valence-corrected chi connectivity index (χ4v) is 2.44. The fraction of sp³-hybridized carbons (Fsp3) is 0.231. The van der Waals surface area contributed by atoms with E-state index in [1.165, 1.54) is 23.9 Å². The van der Waals surface area contributed by atoms with Crippen LogP contribution in [0.5, 0.6) is 0 Å². The number of hydrogen-bond donors (Lipinski definition) is 1. The number of aliphatic hydroxyl groups excluding tert-OH is 1. The summed E-state index contributed by atoms with van der Waals surface area (Å²) < 4.78 is 14.5. The SMILES string of the molecule is Cn1cc(CO)c(=O)nc1SCc1ccc(F)cc1. The van der Waals surface area contributed by atoms with Crippen molar-refractivity contribution in [1.29, 1.82) is 0 Å². The molecule has 1 aromatic heterocycles. The molecule has 0 amide bonds. The maximum Gasteiger partial charge on any atom is 0.279 e. The van der Waals surface area contributed by atoms with Gasteiger partial charge in [-0.05, 0) is 17.7 Å². The summed E-state index contributed by atoms with van der Waals surface area (Å²) in [6.07, 6.45) is 1.57. The van der Waals surface area contributed by atoms with Crippen LogP contribution in [0.15, 0.2) is 40.4 Å². The van der Waals surface area contributed by atoms with Crippen molar-refractivity contribution >= 4 is 11.8 Å². The number of aliphatic hydroxyl groups is 1. The molecule has 0 fully saturated rings. The van der Waals surface area contributed by atoms with Crippen LogP contribution in [0.2, 0.25) is 0 Å². The third-order valence-electron chi connectivity index (χ3n) is 2.57. The molecular weight excluding hydrogens is 267 g/mol. The zero-order valence-corrected chi connectivity index (χ0v) is 11.2. The molecule has 0 atom stereocenters. The molecule has 0 bridgehead atoms. The molecule has 2 rings (SSSR count). The molecule has 4 nitrogen and oxygen atoms in total. The maximum absolute atomic E-state index is 12.8. The topological polar surface area (TPSA) is 55.1 Å². The first-order valence-corrected chi connectivity index (χ1v) is 6.63. The van der Waals surface area contributed by atoms with Crippen molar-refractivity contribution in [1.82, 2.24) is 9.55 Å². The van der Waals surface area contributed by atoms with Gasteiger partial charge >= 0.3 is 0 Å². The van der Waals surface area contributed by atoms with Crippen LogP contribution in [0.3, 0.4) is 0 Å². The zero-order valence-electron chi connectivity index (χ0n) is 10.3. The van der Waals surface area contributed by atoms with Gasteiger partial charge in [0.2, 0.25) is 0 Å². The first-order valence-electron chi connectivity index (χ1n) is 5.65. The molecule has 1 aromatic carbocycles. The number of aryl methyl sites for hydroxylation is 1. The molecule has 0 aliphatic heterocycles. The van der Waals surface area contributed by atoms with E-state index in [4.69, 9.17) is 5.11 Å². The minimum atomic E-state index is -0.415. The zero-order chi connectivity index (χ0) is 13.8. The third-order valence-corrected chi connectivity index (χ3v) is 3.69. The maximum atomic E-state index is 12.8. The summed E-state index contributed by atoms with van der Waals surface area (Å²) in [5.74, 6) is 0.325. The van der Waals surface area contributed by atoms with Crippen LogP contribution in [0.1, 0.15) is 11.1 Å². The molecule has 0 radical (unpaired) electrons. The van der Waals surface area contributed by atoms with Crippen molar-refractivity contribution in [2.75, 3.05) is 0 Å². The molecule has 1 N–H and O–H groups in total. The van der Waals surface area contributed by atoms with Crippen molar-refractivity contribution in [3.8, 4) is 0 Å². The number of hydrogen-bond acceptors (Lipinski definition) is 4. The van der Waals surface area contributed by atoms with E-state index < -0.39 is 5.56 Å². The second-order valence-corrected chi connectivity index (χ2v) is 4.98. The quantitative estimate of drug-likeness (QED) is 0.684. The highest BCUT2D eigenvalue weighted by Crippen LogP contribution is 2.19. The van der Waals surface area contributed by atoms with Gasteiger partial charge in [-0.25, -0.2) is 4.39 Å². The Labute approximate surface area is 113 Å². The first-order chi connectivity index (χ1) is 9.10. The number of rotatable bonds is 4. The largest absolute Gasteiger partial charge is 0.391 e. The standard InChI is InChI=1S/C13H13FN2O2S/c1-16-6-10(7-17)12(18)15-13(16)19-8-9-2-4-11(14)5-3-9/h2-6,17H,7-8H2,1H3. The van der Waals surface area contributed by atoms with Crippen LogP contribution in [0.4, 0.5) is 4.39 Å². The fourth-order valence-electron chi connectivity index (χ4n) is 1.55.